The van der Waals surface area contributed by atoms with E-state index in [0.29, 0.717) is 5.92 Å². The molecular formula is C80H78N2. The fourth-order valence-corrected chi connectivity index (χ4v) is 13.2. The van der Waals surface area contributed by atoms with Gasteiger partial charge in [-0.15, -0.1) is 0 Å². The van der Waals surface area contributed by atoms with Crippen LogP contribution in [0.1, 0.15) is 143 Å². The second kappa shape index (κ2) is 22.1. The molecule has 2 nitrogen and oxygen atoms in total. The molecule has 2 heteroatoms. The second-order valence-corrected chi connectivity index (χ2v) is 25.3. The number of hydrogen-bond donors (Lipinski definition) is 0. The Balaban J connectivity index is 1.11. The fraction of sp³-hybridized carbons (Fsp3) is 0.225. The van der Waals surface area contributed by atoms with Gasteiger partial charge in [-0.3, -0.25) is 0 Å². The zero-order valence-corrected chi connectivity index (χ0v) is 49.3. The van der Waals surface area contributed by atoms with E-state index in [9.17, 15) is 0 Å². The number of benzene rings is 11. The lowest BCUT2D eigenvalue weighted by molar-refractivity contribution is 0.444. The Morgan fingerprint density at radius 2 is 0.610 bits per heavy atom. The Morgan fingerprint density at radius 3 is 0.976 bits per heavy atom. The van der Waals surface area contributed by atoms with Gasteiger partial charge in [0.05, 0.1) is 11.4 Å². The van der Waals surface area contributed by atoms with Crippen molar-refractivity contribution in [2.75, 3.05) is 9.80 Å². The summed E-state index contributed by atoms with van der Waals surface area (Å²) in [7, 11) is 0. The molecule has 11 aromatic carbocycles. The lowest BCUT2D eigenvalue weighted by Crippen LogP contribution is -2.21. The Hall–Kier alpha value is -8.46. The number of nitrogens with zero attached hydrogens (tertiary/aromatic N) is 2. The second-order valence-electron chi connectivity index (χ2n) is 25.3. The van der Waals surface area contributed by atoms with Crippen molar-refractivity contribution < 1.29 is 0 Å². The monoisotopic (exact) mass is 1070 g/mol. The minimum Gasteiger partial charge on any atom is -0.308 e. The minimum absolute atomic E-state index is 0.208. The average molecular weight is 1070 g/mol. The lowest BCUT2D eigenvalue weighted by Gasteiger charge is -2.36. The molecule has 0 N–H and O–H groups in total. The van der Waals surface area contributed by atoms with Crippen LogP contribution in [0.15, 0.2) is 261 Å². The van der Waals surface area contributed by atoms with Crippen LogP contribution < -0.4 is 9.80 Å². The van der Waals surface area contributed by atoms with Gasteiger partial charge in [-0.1, -0.05) is 269 Å². The topological polar surface area (TPSA) is 6.48 Å². The molecule has 0 aromatic heterocycles. The molecule has 0 heterocycles. The van der Waals surface area contributed by atoms with Crippen LogP contribution in [0.25, 0.3) is 21.5 Å². The predicted octanol–water partition coefficient (Wildman–Crippen LogP) is 22.3. The number of fused-ring (bicyclic) bond motifs is 2. The van der Waals surface area contributed by atoms with Gasteiger partial charge >= 0.3 is 0 Å². The highest BCUT2D eigenvalue weighted by Gasteiger charge is 2.31. The first-order chi connectivity index (χ1) is 39.7. The molecule has 82 heavy (non-hydrogen) atoms. The minimum atomic E-state index is -0.214. The van der Waals surface area contributed by atoms with E-state index in [1.165, 1.54) is 104 Å². The highest BCUT2D eigenvalue weighted by molar-refractivity contribution is 6.11. The van der Waals surface area contributed by atoms with Crippen LogP contribution in [0.5, 0.6) is 0 Å². The van der Waals surface area contributed by atoms with Crippen LogP contribution in [-0.4, -0.2) is 0 Å². The first kappa shape index (κ1) is 54.1. The molecule has 0 unspecified atom stereocenters. The molecule has 0 atom stereocenters. The van der Waals surface area contributed by atoms with Crippen molar-refractivity contribution in [2.45, 2.75) is 115 Å². The maximum absolute atomic E-state index is 2.55. The number of anilines is 6. The summed E-state index contributed by atoms with van der Waals surface area (Å²) in [5, 5.41) is 4.94. The molecule has 408 valence electrons. The van der Waals surface area contributed by atoms with Crippen molar-refractivity contribution in [3.8, 4) is 0 Å². The zero-order valence-electron chi connectivity index (χ0n) is 49.3. The Morgan fingerprint density at radius 1 is 0.280 bits per heavy atom. The highest BCUT2D eigenvalue weighted by atomic mass is 15.2. The summed E-state index contributed by atoms with van der Waals surface area (Å²) in [5.41, 5.74) is 17.4. The van der Waals surface area contributed by atoms with Gasteiger partial charge in [0, 0.05) is 49.8 Å². The SMILES string of the molecule is CC(C)(c1ccccc1)c1ccc(N(c2ccc(C(C)(C)c3ccccc3)cc2)c2ccc3cc4cc(C5CCCCC5)ccc4cc3c2N(c2ccc(C(C)(C)c3ccccc3)cc2)c2ccc(C(C)(C)c3ccccc3)cc2)cc1. The van der Waals surface area contributed by atoms with Crippen LogP contribution in [0.2, 0.25) is 0 Å². The maximum Gasteiger partial charge on any atom is 0.0781 e. The maximum atomic E-state index is 2.55. The van der Waals surface area contributed by atoms with Crippen LogP contribution in [-0.2, 0) is 21.7 Å². The molecular weight excluding hydrogens is 989 g/mol. The van der Waals surface area contributed by atoms with Crippen molar-refractivity contribution >= 4 is 55.7 Å². The van der Waals surface area contributed by atoms with Gasteiger partial charge in [-0.2, -0.15) is 0 Å². The van der Waals surface area contributed by atoms with E-state index in [4.69, 9.17) is 0 Å². The quantitative estimate of drug-likeness (QED) is 0.0944. The largest absolute Gasteiger partial charge is 0.308 e. The van der Waals surface area contributed by atoms with E-state index >= 15 is 0 Å². The normalized spacial score (nSPS) is 13.6. The fourth-order valence-electron chi connectivity index (χ4n) is 13.2. The van der Waals surface area contributed by atoms with Gasteiger partial charge in [0.15, 0.2) is 0 Å². The summed E-state index contributed by atoms with van der Waals surface area (Å²) in [6.07, 6.45) is 6.52. The molecule has 11 aromatic rings. The van der Waals surface area contributed by atoms with Crippen LogP contribution in [0, 0.1) is 0 Å². The van der Waals surface area contributed by atoms with Crippen molar-refractivity contribution in [3.63, 3.8) is 0 Å². The first-order valence-electron chi connectivity index (χ1n) is 29.9. The molecule has 1 aliphatic rings. The summed E-state index contributed by atoms with van der Waals surface area (Å²) in [5.74, 6) is 0.620. The van der Waals surface area contributed by atoms with E-state index in [2.05, 4.69) is 326 Å². The molecule has 1 fully saturated rings. The van der Waals surface area contributed by atoms with Crippen LogP contribution in [0.4, 0.5) is 34.1 Å². The summed E-state index contributed by atoms with van der Waals surface area (Å²) < 4.78 is 0. The van der Waals surface area contributed by atoms with Crippen LogP contribution in [0.3, 0.4) is 0 Å². The van der Waals surface area contributed by atoms with Gasteiger partial charge in [-0.25, -0.2) is 0 Å². The molecule has 0 amide bonds. The Bertz CT molecular complexity index is 3760. The van der Waals surface area contributed by atoms with E-state index in [0.717, 1.165) is 34.1 Å². The van der Waals surface area contributed by atoms with Gasteiger partial charge < -0.3 is 9.80 Å². The highest BCUT2D eigenvalue weighted by Crippen LogP contribution is 2.51. The Labute approximate surface area is 488 Å². The van der Waals surface area contributed by atoms with Gasteiger partial charge in [0.2, 0.25) is 0 Å². The lowest BCUT2D eigenvalue weighted by atomic mass is 9.78. The van der Waals surface area contributed by atoms with Crippen molar-refractivity contribution in [3.05, 3.63) is 311 Å². The van der Waals surface area contributed by atoms with E-state index in [1.54, 1.807) is 0 Å². The van der Waals surface area contributed by atoms with Gasteiger partial charge in [-0.05, 0) is 152 Å². The molecule has 0 saturated heterocycles. The standard InChI is InChI=1S/C80H78N2/c1-77(2,62-26-16-10-17-27-62)66-37-45-70(46-38-66)81(71-47-39-67(40-48-71)78(3,4)63-28-18-11-19-29-63)75-53-36-60-55-61-54-58(57-24-14-9-15-25-57)34-35-59(61)56-74(60)76(75)82(72-49-41-68(42-50-72)79(5,6)64-30-20-12-21-31-64)73-51-43-69(44-52-73)80(7,8)65-32-22-13-23-33-65/h10-13,16-23,26-57H,9,14-15,24-25H2,1-8H3. The smallest absolute Gasteiger partial charge is 0.0781 e. The molecule has 0 aliphatic heterocycles. The number of rotatable bonds is 15. The molecule has 1 saturated carbocycles. The summed E-state index contributed by atoms with van der Waals surface area (Å²) in [6.45, 7) is 18.7. The molecule has 0 radical (unpaired) electrons. The third-order valence-electron chi connectivity index (χ3n) is 18.9. The summed E-state index contributed by atoms with van der Waals surface area (Å²) in [6, 6.07) is 98.3. The van der Waals surface area contributed by atoms with Crippen LogP contribution >= 0.6 is 0 Å². The van der Waals surface area contributed by atoms with Gasteiger partial charge in [0.25, 0.3) is 0 Å². The van der Waals surface area contributed by atoms with Crippen molar-refractivity contribution in [1.29, 1.82) is 0 Å². The summed E-state index contributed by atoms with van der Waals surface area (Å²) in [4.78, 5) is 5.06. The predicted molar refractivity (Wildman–Crippen MR) is 351 cm³/mol. The molecule has 1 aliphatic carbocycles. The van der Waals surface area contributed by atoms with Crippen molar-refractivity contribution in [2.24, 2.45) is 0 Å². The van der Waals surface area contributed by atoms with E-state index in [-0.39, 0.29) is 21.7 Å². The van der Waals surface area contributed by atoms with E-state index < -0.39 is 0 Å². The third kappa shape index (κ3) is 10.3. The molecule has 0 bridgehead atoms. The third-order valence-corrected chi connectivity index (χ3v) is 18.9. The summed E-state index contributed by atoms with van der Waals surface area (Å²) >= 11 is 0. The average Bonchev–Trinajstić information content (AvgIpc) is 3.72. The molecule has 12 rings (SSSR count). The molecule has 0 spiro atoms. The number of hydrogen-bond acceptors (Lipinski definition) is 2. The first-order valence-corrected chi connectivity index (χ1v) is 29.9. The van der Waals surface area contributed by atoms with E-state index in [1.807, 2.05) is 0 Å². The van der Waals surface area contributed by atoms with Crippen molar-refractivity contribution in [1.82, 2.24) is 0 Å². The Kier molecular flexibility index (Phi) is 14.6. The van der Waals surface area contributed by atoms with Gasteiger partial charge in [0.1, 0.15) is 0 Å². The zero-order chi connectivity index (χ0) is 56.6.